The van der Waals surface area contributed by atoms with Crippen LogP contribution < -0.4 is 0 Å². The Morgan fingerprint density at radius 2 is 2.22 bits per heavy atom. The number of nitrogens with zero attached hydrogens (tertiary/aromatic N) is 2. The van der Waals surface area contributed by atoms with E-state index in [2.05, 4.69) is 11.5 Å². The Morgan fingerprint density at radius 1 is 1.50 bits per heavy atom. The van der Waals surface area contributed by atoms with Crippen molar-refractivity contribution in [2.24, 2.45) is 0 Å². The molecule has 0 aliphatic carbocycles. The van der Waals surface area contributed by atoms with Gasteiger partial charge in [0.25, 0.3) is 0 Å². The number of hydrogen-bond acceptors (Lipinski definition) is 4. The molecule has 1 fully saturated rings. The summed E-state index contributed by atoms with van der Waals surface area (Å²) in [4.78, 5) is 25.9. The number of carbonyl (C=O) groups excluding carboxylic acids is 1. The van der Waals surface area contributed by atoms with Gasteiger partial charge in [-0.3, -0.25) is 9.69 Å². The number of aliphatic carboxylic acids is 1. The third kappa shape index (κ3) is 4.37. The maximum absolute atomic E-state index is 11.6. The van der Waals surface area contributed by atoms with Gasteiger partial charge in [0.15, 0.2) is 0 Å². The molecule has 102 valence electrons. The molecule has 0 aromatic heterocycles. The van der Waals surface area contributed by atoms with E-state index >= 15 is 0 Å². The highest BCUT2D eigenvalue weighted by molar-refractivity contribution is 5.68. The van der Waals surface area contributed by atoms with Crippen LogP contribution in [-0.2, 0) is 9.53 Å². The minimum Gasteiger partial charge on any atom is -0.481 e. The van der Waals surface area contributed by atoms with E-state index in [1.807, 2.05) is 6.92 Å². The van der Waals surface area contributed by atoms with Gasteiger partial charge in [0.2, 0.25) is 0 Å². The summed E-state index contributed by atoms with van der Waals surface area (Å²) >= 11 is 0. The Labute approximate surface area is 107 Å². The number of piperazine rings is 1. The van der Waals surface area contributed by atoms with Crippen LogP contribution in [0.3, 0.4) is 0 Å². The second kappa shape index (κ2) is 7.00. The van der Waals surface area contributed by atoms with Gasteiger partial charge < -0.3 is 14.7 Å². The van der Waals surface area contributed by atoms with E-state index in [0.717, 1.165) is 0 Å². The summed E-state index contributed by atoms with van der Waals surface area (Å²) in [5.41, 5.74) is 0. The van der Waals surface area contributed by atoms with E-state index in [1.165, 1.54) is 6.08 Å². The lowest BCUT2D eigenvalue weighted by atomic mass is 10.2. The molecule has 0 unspecified atom stereocenters. The van der Waals surface area contributed by atoms with Crippen LogP contribution in [0.4, 0.5) is 4.79 Å². The third-order valence-corrected chi connectivity index (χ3v) is 2.96. The molecule has 1 aliphatic heterocycles. The molecule has 0 aromatic rings. The second-order valence-corrected chi connectivity index (χ2v) is 4.34. The van der Waals surface area contributed by atoms with E-state index in [4.69, 9.17) is 9.84 Å². The van der Waals surface area contributed by atoms with Crippen LogP contribution in [0.5, 0.6) is 0 Å². The molecule has 0 saturated carbocycles. The summed E-state index contributed by atoms with van der Waals surface area (Å²) in [7, 11) is 0. The van der Waals surface area contributed by atoms with Gasteiger partial charge in [-0.1, -0.05) is 12.7 Å². The van der Waals surface area contributed by atoms with Crippen molar-refractivity contribution < 1.29 is 19.4 Å². The number of rotatable bonds is 5. The highest BCUT2D eigenvalue weighted by Gasteiger charge is 2.27. The van der Waals surface area contributed by atoms with Crippen molar-refractivity contribution in [2.45, 2.75) is 19.4 Å². The van der Waals surface area contributed by atoms with Crippen LogP contribution in [0.25, 0.3) is 0 Å². The summed E-state index contributed by atoms with van der Waals surface area (Å²) in [6.45, 7) is 8.01. The number of hydrogen-bond donors (Lipinski definition) is 1. The maximum atomic E-state index is 11.6. The second-order valence-electron chi connectivity index (χ2n) is 4.34. The molecular weight excluding hydrogens is 236 g/mol. The van der Waals surface area contributed by atoms with E-state index in [1.54, 1.807) is 4.90 Å². The molecule has 0 radical (unpaired) electrons. The molecule has 1 rings (SSSR count). The minimum absolute atomic E-state index is 0.130. The van der Waals surface area contributed by atoms with E-state index < -0.39 is 5.97 Å². The van der Waals surface area contributed by atoms with Crippen LogP contribution in [0.2, 0.25) is 0 Å². The summed E-state index contributed by atoms with van der Waals surface area (Å²) in [6, 6.07) is 0.148. The topological polar surface area (TPSA) is 70.1 Å². The molecule has 0 spiro atoms. The fraction of sp³-hybridized carbons (Fsp3) is 0.667. The van der Waals surface area contributed by atoms with Crippen molar-refractivity contribution in [3.8, 4) is 0 Å². The van der Waals surface area contributed by atoms with Crippen LogP contribution >= 0.6 is 0 Å². The zero-order valence-electron chi connectivity index (χ0n) is 10.7. The number of carbonyl (C=O) groups is 2. The first-order valence-corrected chi connectivity index (χ1v) is 6.03. The Morgan fingerprint density at radius 3 is 2.78 bits per heavy atom. The molecule has 1 heterocycles. The van der Waals surface area contributed by atoms with Crippen LogP contribution in [0, 0.1) is 0 Å². The summed E-state index contributed by atoms with van der Waals surface area (Å²) in [6.07, 6.45) is 1.33. The van der Waals surface area contributed by atoms with Crippen LogP contribution in [-0.4, -0.2) is 65.8 Å². The monoisotopic (exact) mass is 256 g/mol. The standard InChI is InChI=1S/C12H20N2O4/c1-3-8-18-12(17)14-7-6-13(10(2)9-14)5-4-11(15)16/h3,10H,1,4-9H2,2H3,(H,15,16)/t10-/m0/s1. The first kappa shape index (κ1) is 14.5. The molecule has 1 atom stereocenters. The van der Waals surface area contributed by atoms with Crippen molar-refractivity contribution in [1.29, 1.82) is 0 Å². The fourth-order valence-electron chi connectivity index (χ4n) is 1.95. The molecule has 1 saturated heterocycles. The molecule has 0 aromatic carbocycles. The van der Waals surface area contributed by atoms with Crippen molar-refractivity contribution in [3.63, 3.8) is 0 Å². The lowest BCUT2D eigenvalue weighted by Gasteiger charge is -2.38. The highest BCUT2D eigenvalue weighted by Crippen LogP contribution is 2.11. The molecule has 1 N–H and O–H groups in total. The van der Waals surface area contributed by atoms with Crippen molar-refractivity contribution in [3.05, 3.63) is 12.7 Å². The molecule has 1 amide bonds. The number of amides is 1. The average Bonchev–Trinajstić information content (AvgIpc) is 2.34. The van der Waals surface area contributed by atoms with Gasteiger partial charge in [0.1, 0.15) is 6.61 Å². The first-order valence-electron chi connectivity index (χ1n) is 6.03. The predicted molar refractivity (Wildman–Crippen MR) is 66.4 cm³/mol. The predicted octanol–water partition coefficient (Wildman–Crippen LogP) is 0.790. The molecular formula is C12H20N2O4. The Balaban J connectivity index is 2.37. The lowest BCUT2D eigenvalue weighted by Crippen LogP contribution is -2.54. The Bertz CT molecular complexity index is 319. The molecule has 6 nitrogen and oxygen atoms in total. The van der Waals surface area contributed by atoms with Gasteiger partial charge in [-0.15, -0.1) is 0 Å². The summed E-state index contributed by atoms with van der Waals surface area (Å²) in [5.74, 6) is -0.796. The molecule has 18 heavy (non-hydrogen) atoms. The SMILES string of the molecule is C=CCOC(=O)N1CCN(CCC(=O)O)[C@@H](C)C1. The zero-order chi connectivity index (χ0) is 13.5. The quantitative estimate of drug-likeness (QED) is 0.736. The fourth-order valence-corrected chi connectivity index (χ4v) is 1.95. The van der Waals surface area contributed by atoms with E-state index in [0.29, 0.717) is 26.2 Å². The average molecular weight is 256 g/mol. The van der Waals surface area contributed by atoms with E-state index in [-0.39, 0.29) is 25.2 Å². The van der Waals surface area contributed by atoms with Crippen LogP contribution in [0.15, 0.2) is 12.7 Å². The van der Waals surface area contributed by atoms with Gasteiger partial charge in [-0.2, -0.15) is 0 Å². The largest absolute Gasteiger partial charge is 0.481 e. The Hall–Kier alpha value is -1.56. The zero-order valence-corrected chi connectivity index (χ0v) is 10.7. The third-order valence-electron chi connectivity index (χ3n) is 2.96. The lowest BCUT2D eigenvalue weighted by molar-refractivity contribution is -0.137. The normalized spacial score (nSPS) is 20.5. The van der Waals surface area contributed by atoms with Crippen LogP contribution in [0.1, 0.15) is 13.3 Å². The van der Waals surface area contributed by atoms with Gasteiger partial charge in [0.05, 0.1) is 6.42 Å². The van der Waals surface area contributed by atoms with E-state index in [9.17, 15) is 9.59 Å². The minimum atomic E-state index is -0.796. The molecule has 0 bridgehead atoms. The van der Waals surface area contributed by atoms with Crippen molar-refractivity contribution in [2.75, 3.05) is 32.8 Å². The molecule has 6 heteroatoms. The number of carboxylic acid groups (broad SMARTS) is 1. The Kier molecular flexibility index (Phi) is 5.64. The smallest absolute Gasteiger partial charge is 0.410 e. The molecule has 1 aliphatic rings. The van der Waals surface area contributed by atoms with Gasteiger partial charge in [-0.25, -0.2) is 4.79 Å². The van der Waals surface area contributed by atoms with Gasteiger partial charge in [0, 0.05) is 32.2 Å². The number of carboxylic acids is 1. The summed E-state index contributed by atoms with van der Waals surface area (Å²) < 4.78 is 4.97. The van der Waals surface area contributed by atoms with Crippen molar-refractivity contribution in [1.82, 2.24) is 9.80 Å². The maximum Gasteiger partial charge on any atom is 0.410 e. The van der Waals surface area contributed by atoms with Gasteiger partial charge in [-0.05, 0) is 6.92 Å². The van der Waals surface area contributed by atoms with Crippen molar-refractivity contribution >= 4 is 12.1 Å². The first-order chi connectivity index (χ1) is 8.54. The van der Waals surface area contributed by atoms with Gasteiger partial charge >= 0.3 is 12.1 Å². The number of ether oxygens (including phenoxy) is 1. The highest BCUT2D eigenvalue weighted by atomic mass is 16.6. The summed E-state index contributed by atoms with van der Waals surface area (Å²) in [5, 5.41) is 8.65.